The van der Waals surface area contributed by atoms with Crippen LogP contribution in [0.1, 0.15) is 51.7 Å². The van der Waals surface area contributed by atoms with Crippen molar-refractivity contribution in [1.82, 2.24) is 5.32 Å². The third kappa shape index (κ3) is 4.33. The molecule has 0 bridgehead atoms. The Morgan fingerprint density at radius 2 is 2.22 bits per heavy atom. The largest absolute Gasteiger partial charge is 0.469 e. The minimum absolute atomic E-state index is 0.0381. The van der Waals surface area contributed by atoms with Gasteiger partial charge in [0.25, 0.3) is 0 Å². The Balaban J connectivity index is 1.90. The van der Waals surface area contributed by atoms with Crippen LogP contribution in [0.15, 0.2) is 39.1 Å². The Bertz CT molecular complexity index is 841. The molecule has 0 spiro atoms. The molecule has 1 amide bonds. The van der Waals surface area contributed by atoms with Crippen molar-refractivity contribution >= 4 is 28.5 Å². The van der Waals surface area contributed by atoms with Gasteiger partial charge in [-0.1, -0.05) is 11.8 Å². The molecular formula is C20H23N3O3S. The number of Topliss-reactive ketones (excluding diaryl/α,β-unsaturated/α-hetero) is 1. The van der Waals surface area contributed by atoms with Crippen molar-refractivity contribution in [3.63, 3.8) is 0 Å². The molecule has 1 unspecified atom stereocenters. The smallest absolute Gasteiger partial charge is 0.230 e. The number of rotatable bonds is 3. The number of allylic oxidation sites excluding steroid dienone is 2. The average Bonchev–Trinajstić information content (AvgIpc) is 3.11. The number of furan rings is 1. The van der Waals surface area contributed by atoms with Gasteiger partial charge in [0.05, 0.1) is 29.0 Å². The number of ketones is 1. The molecule has 1 aromatic rings. The molecule has 2 aliphatic rings. The molecule has 27 heavy (non-hydrogen) atoms. The predicted octanol–water partition coefficient (Wildman–Crippen LogP) is 3.57. The second-order valence-electron chi connectivity index (χ2n) is 7.77. The highest BCUT2D eigenvalue weighted by Gasteiger charge is 2.42. The maximum Gasteiger partial charge on any atom is 0.230 e. The lowest BCUT2D eigenvalue weighted by Crippen LogP contribution is -2.42. The predicted molar refractivity (Wildman–Crippen MR) is 104 cm³/mol. The van der Waals surface area contributed by atoms with Crippen LogP contribution in [0.2, 0.25) is 0 Å². The average molecular weight is 385 g/mol. The normalized spacial score (nSPS) is 22.7. The van der Waals surface area contributed by atoms with E-state index in [1.165, 1.54) is 11.8 Å². The van der Waals surface area contributed by atoms with Gasteiger partial charge in [-0.25, -0.2) is 4.99 Å². The minimum Gasteiger partial charge on any atom is -0.469 e. The van der Waals surface area contributed by atoms with E-state index in [-0.39, 0.29) is 23.0 Å². The van der Waals surface area contributed by atoms with Gasteiger partial charge in [-0.2, -0.15) is 5.26 Å². The number of carbonyl (C=O) groups is 2. The number of aliphatic imine (C=N–C) groups is 1. The van der Waals surface area contributed by atoms with Crippen molar-refractivity contribution in [3.05, 3.63) is 35.4 Å². The molecule has 0 aromatic carbocycles. The fourth-order valence-electron chi connectivity index (χ4n) is 3.45. The number of hydrogen-bond acceptors (Lipinski definition) is 6. The highest BCUT2D eigenvalue weighted by molar-refractivity contribution is 8.14. The molecule has 6 nitrogen and oxygen atoms in total. The van der Waals surface area contributed by atoms with Gasteiger partial charge in [0.1, 0.15) is 11.7 Å². The highest BCUT2D eigenvalue weighted by Crippen LogP contribution is 2.44. The van der Waals surface area contributed by atoms with E-state index in [9.17, 15) is 14.9 Å². The molecule has 0 fully saturated rings. The maximum absolute atomic E-state index is 12.6. The van der Waals surface area contributed by atoms with Crippen molar-refractivity contribution in [3.8, 4) is 6.07 Å². The Labute approximate surface area is 163 Å². The fourth-order valence-corrected chi connectivity index (χ4v) is 4.34. The first-order valence-corrected chi connectivity index (χ1v) is 10.0. The van der Waals surface area contributed by atoms with Crippen LogP contribution in [-0.4, -0.2) is 28.0 Å². The molecule has 1 aliphatic carbocycles. The summed E-state index contributed by atoms with van der Waals surface area (Å²) < 4.78 is 5.56. The maximum atomic E-state index is 12.6. The van der Waals surface area contributed by atoms with Crippen LogP contribution in [0.5, 0.6) is 0 Å². The first-order valence-electron chi connectivity index (χ1n) is 9.02. The van der Waals surface area contributed by atoms with Gasteiger partial charge < -0.3 is 9.73 Å². The SMILES string of the molecule is CC(C)(C)NC(=O)CSC1=NC2=C(C(=O)CCC2)[C@@H](c2ccco2)C1C#N. The van der Waals surface area contributed by atoms with E-state index in [2.05, 4.69) is 16.4 Å². The van der Waals surface area contributed by atoms with Gasteiger partial charge in [-0.3, -0.25) is 9.59 Å². The molecule has 1 aromatic heterocycles. The van der Waals surface area contributed by atoms with Crippen LogP contribution in [0, 0.1) is 17.2 Å². The van der Waals surface area contributed by atoms with Crippen molar-refractivity contribution < 1.29 is 14.0 Å². The topological polar surface area (TPSA) is 95.5 Å². The van der Waals surface area contributed by atoms with Gasteiger partial charge in [-0.05, 0) is 45.7 Å². The Hall–Kier alpha value is -2.33. The van der Waals surface area contributed by atoms with Crippen LogP contribution in [0.25, 0.3) is 0 Å². The first kappa shape index (κ1) is 19.4. The molecule has 0 radical (unpaired) electrons. The lowest BCUT2D eigenvalue weighted by molar-refractivity contribution is -0.120. The lowest BCUT2D eigenvalue weighted by Gasteiger charge is -2.31. The van der Waals surface area contributed by atoms with E-state index in [0.29, 0.717) is 29.2 Å². The van der Waals surface area contributed by atoms with Gasteiger partial charge in [-0.15, -0.1) is 0 Å². The van der Waals surface area contributed by atoms with Crippen LogP contribution in [0.4, 0.5) is 0 Å². The van der Waals surface area contributed by atoms with Gasteiger partial charge >= 0.3 is 0 Å². The number of nitrogens with one attached hydrogen (secondary N) is 1. The summed E-state index contributed by atoms with van der Waals surface area (Å²) in [5, 5.41) is 13.3. The van der Waals surface area contributed by atoms with E-state index in [1.54, 1.807) is 18.4 Å². The number of carbonyl (C=O) groups excluding carboxylic acids is 2. The Morgan fingerprint density at radius 3 is 2.85 bits per heavy atom. The number of nitrogens with zero attached hydrogens (tertiary/aromatic N) is 2. The number of amides is 1. The molecule has 1 aliphatic heterocycles. The molecule has 2 atom stereocenters. The minimum atomic E-state index is -0.635. The van der Waals surface area contributed by atoms with Crippen LogP contribution >= 0.6 is 11.8 Å². The summed E-state index contributed by atoms with van der Waals surface area (Å²) in [7, 11) is 0. The van der Waals surface area contributed by atoms with E-state index in [4.69, 9.17) is 4.42 Å². The second-order valence-corrected chi connectivity index (χ2v) is 8.77. The summed E-state index contributed by atoms with van der Waals surface area (Å²) in [6, 6.07) is 5.84. The Kier molecular flexibility index (Phi) is 5.56. The third-order valence-electron chi connectivity index (χ3n) is 4.44. The summed E-state index contributed by atoms with van der Waals surface area (Å²) in [6.07, 6.45) is 3.48. The van der Waals surface area contributed by atoms with Crippen LogP contribution in [0.3, 0.4) is 0 Å². The second kappa shape index (κ2) is 7.73. The number of thioether (sulfide) groups is 1. The molecule has 0 saturated carbocycles. The summed E-state index contributed by atoms with van der Waals surface area (Å²) in [5.74, 6) is -0.396. The molecular weight excluding hydrogens is 362 g/mol. The van der Waals surface area contributed by atoms with Crippen LogP contribution in [-0.2, 0) is 9.59 Å². The zero-order valence-electron chi connectivity index (χ0n) is 15.7. The van der Waals surface area contributed by atoms with Crippen molar-refractivity contribution in [2.24, 2.45) is 10.9 Å². The van der Waals surface area contributed by atoms with Gasteiger partial charge in [0, 0.05) is 23.2 Å². The number of hydrogen-bond donors (Lipinski definition) is 1. The zero-order chi connectivity index (χ0) is 19.6. The van der Waals surface area contributed by atoms with Gasteiger partial charge in [0.2, 0.25) is 5.91 Å². The molecule has 142 valence electrons. The Morgan fingerprint density at radius 1 is 1.44 bits per heavy atom. The summed E-state index contributed by atoms with van der Waals surface area (Å²) >= 11 is 1.27. The lowest BCUT2D eigenvalue weighted by atomic mass is 9.76. The first-order chi connectivity index (χ1) is 12.8. The zero-order valence-corrected chi connectivity index (χ0v) is 16.6. The standard InChI is InChI=1S/C20H23N3O3S/c1-20(2,3)23-16(25)11-27-19-12(10-21)17(15-8-5-9-26-15)18-13(22-19)6-4-7-14(18)24/h5,8-9,12,17H,4,6-7,11H2,1-3H3,(H,23,25)/t12?,17-/m1/s1. The summed E-state index contributed by atoms with van der Waals surface area (Å²) in [5.41, 5.74) is 1.02. The van der Waals surface area contributed by atoms with Crippen LogP contribution < -0.4 is 5.32 Å². The molecule has 2 heterocycles. The molecule has 7 heteroatoms. The van der Waals surface area contributed by atoms with Crippen molar-refractivity contribution in [1.29, 1.82) is 5.26 Å². The summed E-state index contributed by atoms with van der Waals surface area (Å²) in [4.78, 5) is 29.4. The van der Waals surface area contributed by atoms with Gasteiger partial charge in [0.15, 0.2) is 5.78 Å². The van der Waals surface area contributed by atoms with E-state index >= 15 is 0 Å². The third-order valence-corrected chi connectivity index (χ3v) is 5.49. The fraction of sp³-hybridized carbons (Fsp3) is 0.500. The van der Waals surface area contributed by atoms with E-state index in [1.807, 2.05) is 20.8 Å². The highest BCUT2D eigenvalue weighted by atomic mass is 32.2. The van der Waals surface area contributed by atoms with E-state index < -0.39 is 11.8 Å². The molecule has 0 saturated heterocycles. The number of nitriles is 1. The summed E-state index contributed by atoms with van der Waals surface area (Å²) in [6.45, 7) is 5.76. The molecule has 1 N–H and O–H groups in total. The van der Waals surface area contributed by atoms with Crippen molar-refractivity contribution in [2.45, 2.75) is 51.5 Å². The quantitative estimate of drug-likeness (QED) is 0.858. The molecule has 3 rings (SSSR count). The monoisotopic (exact) mass is 385 g/mol. The van der Waals surface area contributed by atoms with Crippen molar-refractivity contribution in [2.75, 3.05) is 5.75 Å². The van der Waals surface area contributed by atoms with E-state index in [0.717, 1.165) is 12.1 Å².